The third-order valence-electron chi connectivity index (χ3n) is 3.99. The second-order valence-corrected chi connectivity index (χ2v) is 6.72. The first kappa shape index (κ1) is 16.3. The maximum atomic E-state index is 10.1. The van der Waals surface area contributed by atoms with Crippen molar-refractivity contribution in [3.05, 3.63) is 30.7 Å². The molecule has 0 atom stereocenters. The van der Waals surface area contributed by atoms with Crippen LogP contribution in [0, 0.1) is 0 Å². The van der Waals surface area contributed by atoms with Crippen LogP contribution in [0.1, 0.15) is 13.8 Å². The van der Waals surface area contributed by atoms with Crippen LogP contribution in [0.4, 0.5) is 17.5 Å². The lowest BCUT2D eigenvalue weighted by atomic mass is 10.1. The van der Waals surface area contributed by atoms with Crippen LogP contribution in [0.15, 0.2) is 30.7 Å². The molecule has 0 saturated carbocycles. The molecule has 3 aromatic heterocycles. The fourth-order valence-electron chi connectivity index (χ4n) is 2.89. The van der Waals surface area contributed by atoms with Crippen molar-refractivity contribution in [2.24, 2.45) is 0 Å². The normalized spacial score (nSPS) is 12.0. The van der Waals surface area contributed by atoms with Gasteiger partial charge in [0, 0.05) is 12.4 Å². The summed E-state index contributed by atoms with van der Waals surface area (Å²) in [7, 11) is 1.79. The average Bonchev–Trinajstić information content (AvgIpc) is 3.20. The van der Waals surface area contributed by atoms with Crippen molar-refractivity contribution < 1.29 is 5.11 Å². The fraction of sp³-hybridized carbons (Fsp3) is 0.294. The van der Waals surface area contributed by atoms with E-state index < -0.39 is 5.60 Å². The molecule has 0 spiro atoms. The van der Waals surface area contributed by atoms with Gasteiger partial charge in [-0.25, -0.2) is 4.98 Å². The molecular weight excluding hydrogens is 332 g/mol. The van der Waals surface area contributed by atoms with Crippen LogP contribution < -0.4 is 10.6 Å². The van der Waals surface area contributed by atoms with Gasteiger partial charge in [0.25, 0.3) is 0 Å². The Morgan fingerprint density at radius 3 is 2.88 bits per heavy atom. The van der Waals surface area contributed by atoms with E-state index in [4.69, 9.17) is 0 Å². The third-order valence-corrected chi connectivity index (χ3v) is 3.99. The summed E-state index contributed by atoms with van der Waals surface area (Å²) in [5.41, 5.74) is 2.25. The Hall–Kier alpha value is -3.20. The molecule has 0 bridgehead atoms. The Morgan fingerprint density at radius 1 is 1.27 bits per heavy atom. The van der Waals surface area contributed by atoms with Crippen LogP contribution in [-0.4, -0.2) is 47.5 Å². The van der Waals surface area contributed by atoms with Crippen molar-refractivity contribution in [2.75, 3.05) is 17.7 Å². The summed E-state index contributed by atoms with van der Waals surface area (Å²) in [5.74, 6) is 1.09. The van der Waals surface area contributed by atoms with Gasteiger partial charge in [-0.2, -0.15) is 15.1 Å². The minimum absolute atomic E-state index is 0.403. The van der Waals surface area contributed by atoms with Crippen molar-refractivity contribution in [1.82, 2.24) is 29.7 Å². The maximum absolute atomic E-state index is 10.1. The molecule has 4 rings (SSSR count). The van der Waals surface area contributed by atoms with Crippen LogP contribution in [0.2, 0.25) is 0 Å². The van der Waals surface area contributed by atoms with Gasteiger partial charge in [0.1, 0.15) is 5.52 Å². The zero-order chi connectivity index (χ0) is 18.3. The van der Waals surface area contributed by atoms with Gasteiger partial charge >= 0.3 is 0 Å². The first-order valence-electron chi connectivity index (χ1n) is 8.27. The summed E-state index contributed by atoms with van der Waals surface area (Å²) in [6.45, 7) is 3.92. The monoisotopic (exact) mass is 352 g/mol. The summed E-state index contributed by atoms with van der Waals surface area (Å²) in [6, 6.07) is 5.84. The first-order valence-corrected chi connectivity index (χ1v) is 8.27. The maximum Gasteiger partial charge on any atom is 0.231 e. The van der Waals surface area contributed by atoms with Gasteiger partial charge in [-0.1, -0.05) is 6.07 Å². The summed E-state index contributed by atoms with van der Waals surface area (Å²) in [5, 5.41) is 21.7. The molecule has 0 unspecified atom stereocenters. The van der Waals surface area contributed by atoms with Gasteiger partial charge in [-0.05, 0) is 26.0 Å². The van der Waals surface area contributed by atoms with Crippen molar-refractivity contribution in [3.8, 4) is 0 Å². The van der Waals surface area contributed by atoms with Gasteiger partial charge in [0.15, 0.2) is 11.5 Å². The minimum Gasteiger partial charge on any atom is -0.389 e. The number of hydrogen-bond acceptors (Lipinski definition) is 7. The van der Waals surface area contributed by atoms with E-state index >= 15 is 0 Å². The number of anilines is 3. The Kier molecular flexibility index (Phi) is 3.73. The molecule has 4 N–H and O–H groups in total. The Morgan fingerprint density at radius 2 is 2.12 bits per heavy atom. The van der Waals surface area contributed by atoms with Crippen molar-refractivity contribution in [2.45, 2.75) is 26.0 Å². The number of aromatic nitrogens is 6. The molecule has 0 saturated heterocycles. The molecule has 0 aliphatic rings. The summed E-state index contributed by atoms with van der Waals surface area (Å²) < 4.78 is 1.79. The molecule has 0 aliphatic heterocycles. The standard InChI is InChI=1S/C17H20N8O/c1-17(2,26)8-25-12-6-4-5-11(10(12)7-21-25)22-16-23-14(18-3)13-15(24-16)20-9-19-13/h4-7,9,26H,8H2,1-3H3,(H3,18,19,20,22,23,24). The lowest BCUT2D eigenvalue weighted by molar-refractivity contribution is 0.0591. The number of nitrogens with one attached hydrogen (secondary N) is 3. The summed E-state index contributed by atoms with van der Waals surface area (Å²) >= 11 is 0. The van der Waals surface area contributed by atoms with E-state index in [9.17, 15) is 5.11 Å². The van der Waals surface area contributed by atoms with Crippen LogP contribution in [-0.2, 0) is 6.54 Å². The number of aliphatic hydroxyl groups is 1. The molecule has 4 aromatic rings. The lowest BCUT2D eigenvalue weighted by Crippen LogP contribution is -2.26. The van der Waals surface area contributed by atoms with Crippen molar-refractivity contribution in [1.29, 1.82) is 0 Å². The number of aromatic amines is 1. The molecule has 0 fully saturated rings. The number of hydrogen-bond donors (Lipinski definition) is 4. The van der Waals surface area contributed by atoms with Gasteiger partial charge in [0.05, 0.1) is 35.9 Å². The van der Waals surface area contributed by atoms with Crippen LogP contribution in [0.5, 0.6) is 0 Å². The van der Waals surface area contributed by atoms with E-state index in [-0.39, 0.29) is 0 Å². The molecule has 134 valence electrons. The van der Waals surface area contributed by atoms with E-state index in [2.05, 4.69) is 35.7 Å². The van der Waals surface area contributed by atoms with Gasteiger partial charge in [-0.3, -0.25) is 4.68 Å². The molecule has 3 heterocycles. The van der Waals surface area contributed by atoms with Crippen molar-refractivity contribution >= 4 is 39.5 Å². The smallest absolute Gasteiger partial charge is 0.231 e. The third kappa shape index (κ3) is 2.93. The number of fused-ring (bicyclic) bond motifs is 2. The highest BCUT2D eigenvalue weighted by molar-refractivity contribution is 5.93. The van der Waals surface area contributed by atoms with Crippen molar-refractivity contribution in [3.63, 3.8) is 0 Å². The summed E-state index contributed by atoms with van der Waals surface area (Å²) in [6.07, 6.45) is 3.36. The zero-order valence-corrected chi connectivity index (χ0v) is 14.8. The highest BCUT2D eigenvalue weighted by Crippen LogP contribution is 2.27. The topological polar surface area (TPSA) is 117 Å². The lowest BCUT2D eigenvalue weighted by Gasteiger charge is -2.17. The quantitative estimate of drug-likeness (QED) is 0.435. The number of benzene rings is 1. The molecule has 1 aromatic carbocycles. The van der Waals surface area contributed by atoms with Gasteiger partial charge < -0.3 is 20.7 Å². The molecule has 26 heavy (non-hydrogen) atoms. The first-order chi connectivity index (χ1) is 12.4. The Bertz CT molecular complexity index is 1080. The average molecular weight is 352 g/mol. The van der Waals surface area contributed by atoms with E-state index in [1.165, 1.54) is 0 Å². The number of H-pyrrole nitrogens is 1. The Labute approximate surface area is 149 Å². The largest absolute Gasteiger partial charge is 0.389 e. The van der Waals surface area contributed by atoms with E-state index in [1.807, 2.05) is 18.2 Å². The van der Waals surface area contributed by atoms with Crippen LogP contribution >= 0.6 is 0 Å². The Balaban J connectivity index is 1.74. The molecule has 9 heteroatoms. The number of imidazole rings is 1. The second-order valence-electron chi connectivity index (χ2n) is 6.72. The number of nitrogens with zero attached hydrogens (tertiary/aromatic N) is 5. The fourth-order valence-corrected chi connectivity index (χ4v) is 2.89. The molecular formula is C17H20N8O. The van der Waals surface area contributed by atoms with Gasteiger partial charge in [-0.15, -0.1) is 0 Å². The molecule has 0 amide bonds. The molecule has 9 nitrogen and oxygen atoms in total. The predicted octanol–water partition coefficient (Wildman–Crippen LogP) is 2.26. The summed E-state index contributed by atoms with van der Waals surface area (Å²) in [4.78, 5) is 16.2. The second kappa shape index (κ2) is 5.95. The SMILES string of the molecule is CNc1nc(Nc2cccc3c2cnn3CC(C)(C)O)nc2[nH]cnc12. The molecule has 0 radical (unpaired) electrons. The van der Waals surface area contributed by atoms with E-state index in [0.717, 1.165) is 16.6 Å². The highest BCUT2D eigenvalue weighted by atomic mass is 16.3. The highest BCUT2D eigenvalue weighted by Gasteiger charge is 2.17. The minimum atomic E-state index is -0.848. The van der Waals surface area contributed by atoms with Crippen LogP contribution in [0.3, 0.4) is 0 Å². The van der Waals surface area contributed by atoms with Crippen LogP contribution in [0.25, 0.3) is 22.1 Å². The zero-order valence-electron chi connectivity index (χ0n) is 14.8. The molecule has 0 aliphatic carbocycles. The predicted molar refractivity (Wildman–Crippen MR) is 101 cm³/mol. The van der Waals surface area contributed by atoms with E-state index in [0.29, 0.717) is 29.5 Å². The van der Waals surface area contributed by atoms with E-state index in [1.54, 1.807) is 38.1 Å². The van der Waals surface area contributed by atoms with Gasteiger partial charge in [0.2, 0.25) is 5.95 Å². The number of rotatable bonds is 5.